The molecule has 14 nitrogen and oxygen atoms in total. The molecule has 2 saturated heterocycles. The number of nitriles is 8. The molecule has 2 aromatic rings. The third-order valence-electron chi connectivity index (χ3n) is 10.4. The molecule has 0 amide bonds. The van der Waals surface area contributed by atoms with Crippen molar-refractivity contribution in [1.82, 2.24) is 0 Å². The molecular formula is C46H38N10O4. The molecule has 296 valence electrons. The fraction of sp³-hybridized carbons (Fsp3) is 0.304. The zero-order chi connectivity index (χ0) is 43.5. The second-order valence-electron chi connectivity index (χ2n) is 13.6. The smallest absolute Gasteiger partial charge is 0.252 e. The van der Waals surface area contributed by atoms with E-state index in [9.17, 15) is 42.1 Å². The van der Waals surface area contributed by atoms with Crippen molar-refractivity contribution in [3.05, 3.63) is 116 Å². The Hall–Kier alpha value is -8.40. The highest BCUT2D eigenvalue weighted by Gasteiger charge is 2.55. The Morgan fingerprint density at radius 2 is 0.683 bits per heavy atom. The lowest BCUT2D eigenvalue weighted by Crippen LogP contribution is -2.51. The van der Waals surface area contributed by atoms with Crippen LogP contribution in [0.1, 0.15) is 64.5 Å². The Morgan fingerprint density at radius 1 is 0.450 bits per heavy atom. The molecule has 2 aliphatic heterocycles. The van der Waals surface area contributed by atoms with Gasteiger partial charge in [-0.2, -0.15) is 42.1 Å². The maximum absolute atomic E-state index is 10.1. The number of hydrogen-bond acceptors (Lipinski definition) is 14. The number of benzene rings is 2. The van der Waals surface area contributed by atoms with Crippen LogP contribution in [0.3, 0.4) is 0 Å². The van der Waals surface area contributed by atoms with E-state index in [1.54, 1.807) is 12.2 Å². The molecule has 0 atom stereocenters. The van der Waals surface area contributed by atoms with Crippen molar-refractivity contribution in [2.45, 2.75) is 65.0 Å². The van der Waals surface area contributed by atoms with Crippen molar-refractivity contribution in [2.24, 2.45) is 0 Å². The van der Waals surface area contributed by atoms with Crippen LogP contribution in [-0.4, -0.2) is 37.8 Å². The van der Waals surface area contributed by atoms with Crippen LogP contribution in [-0.2, 0) is 18.9 Å². The van der Waals surface area contributed by atoms with Crippen molar-refractivity contribution in [1.29, 1.82) is 42.1 Å². The van der Waals surface area contributed by atoms with E-state index in [1.807, 2.05) is 125 Å². The molecule has 5 rings (SSSR count). The van der Waals surface area contributed by atoms with Gasteiger partial charge < -0.3 is 28.7 Å². The largest absolute Gasteiger partial charge is 0.449 e. The van der Waals surface area contributed by atoms with Crippen LogP contribution in [0.15, 0.2) is 105 Å². The molecule has 3 aliphatic rings. The molecule has 0 radical (unpaired) electrons. The molecule has 2 heterocycles. The van der Waals surface area contributed by atoms with Gasteiger partial charge in [-0.25, -0.2) is 0 Å². The third kappa shape index (κ3) is 8.47. The van der Waals surface area contributed by atoms with Crippen LogP contribution >= 0.6 is 0 Å². The average Bonchev–Trinajstić information content (AvgIpc) is 3.28. The van der Waals surface area contributed by atoms with Gasteiger partial charge >= 0.3 is 0 Å². The molecule has 2 aromatic carbocycles. The number of hydrogen-bond donors (Lipinski definition) is 0. The fourth-order valence-electron chi connectivity index (χ4n) is 7.22. The van der Waals surface area contributed by atoms with E-state index in [1.165, 1.54) is 0 Å². The lowest BCUT2D eigenvalue weighted by atomic mass is 9.85. The number of ether oxygens (including phenoxy) is 4. The topological polar surface area (TPSA) is 234 Å². The average molecular weight is 795 g/mol. The minimum atomic E-state index is -1.68. The van der Waals surface area contributed by atoms with Gasteiger partial charge in [-0.05, 0) is 75.2 Å². The van der Waals surface area contributed by atoms with Gasteiger partial charge in [0.2, 0.25) is 0 Å². The third-order valence-corrected chi connectivity index (χ3v) is 10.4. The van der Waals surface area contributed by atoms with E-state index in [2.05, 4.69) is 9.80 Å². The highest BCUT2D eigenvalue weighted by molar-refractivity contribution is 5.72. The van der Waals surface area contributed by atoms with E-state index in [-0.39, 0.29) is 59.9 Å². The molecule has 1 saturated carbocycles. The molecule has 3 fully saturated rings. The van der Waals surface area contributed by atoms with Gasteiger partial charge in [0, 0.05) is 63.2 Å². The minimum absolute atomic E-state index is 0.0357. The van der Waals surface area contributed by atoms with Crippen LogP contribution in [0, 0.1) is 90.6 Å². The summed E-state index contributed by atoms with van der Waals surface area (Å²) in [7, 11) is 0. The molecule has 60 heavy (non-hydrogen) atoms. The number of rotatable bonds is 8. The second kappa shape index (κ2) is 18.7. The number of anilines is 2. The fourth-order valence-corrected chi connectivity index (χ4v) is 7.22. The van der Waals surface area contributed by atoms with Gasteiger partial charge in [-0.15, -0.1) is 0 Å². The highest BCUT2D eigenvalue weighted by atomic mass is 16.7. The summed E-state index contributed by atoms with van der Waals surface area (Å²) in [6, 6.07) is 29.7. The van der Waals surface area contributed by atoms with Crippen molar-refractivity contribution in [3.8, 4) is 48.6 Å². The molecule has 2 spiro atoms. The number of allylic oxidation sites excluding steroid dienone is 4. The van der Waals surface area contributed by atoms with Gasteiger partial charge in [0.15, 0.2) is 45.3 Å². The van der Waals surface area contributed by atoms with Crippen LogP contribution < -0.4 is 9.80 Å². The van der Waals surface area contributed by atoms with Crippen LogP contribution in [0.2, 0.25) is 0 Å². The van der Waals surface area contributed by atoms with Gasteiger partial charge in [-0.1, -0.05) is 24.3 Å². The maximum Gasteiger partial charge on any atom is 0.252 e. The van der Waals surface area contributed by atoms with Crippen molar-refractivity contribution in [3.63, 3.8) is 0 Å². The standard InChI is InChI=1S/C46H38N10O4/c1-5-55(6-2)37-13-9-31(10-14-37)21-39-41(33(23-47)24-48)57-45(58-42(39)34(25-49)26-50)17-19-46(20-18-45)59-43(35(27-51)28-52)40(44(60-46)36(29-53)30-54)22-32-11-15-38(16-12-32)56(7-3)8-4/h9-16,21-22H,5-8,17-20H2,1-4H3. The summed E-state index contributed by atoms with van der Waals surface area (Å²) in [5.41, 5.74) is 1.48. The Labute approximate surface area is 349 Å². The van der Waals surface area contributed by atoms with Gasteiger partial charge in [0.05, 0.1) is 11.1 Å². The van der Waals surface area contributed by atoms with E-state index >= 15 is 0 Å². The summed E-state index contributed by atoms with van der Waals surface area (Å²) in [6.07, 6.45) is 2.68. The molecule has 1 aliphatic carbocycles. The summed E-state index contributed by atoms with van der Waals surface area (Å²) < 4.78 is 25.8. The predicted octanol–water partition coefficient (Wildman–Crippen LogP) is 8.11. The van der Waals surface area contributed by atoms with Crippen LogP contribution in [0.5, 0.6) is 0 Å². The Kier molecular flexibility index (Phi) is 13.3. The predicted molar refractivity (Wildman–Crippen MR) is 217 cm³/mol. The summed E-state index contributed by atoms with van der Waals surface area (Å²) >= 11 is 0. The molecule has 0 bridgehead atoms. The zero-order valence-electron chi connectivity index (χ0n) is 33.5. The SMILES string of the molecule is CCN(CC)c1ccc(C=C2C(=C(C#N)C#N)OC3(CCC4(CC3)OC(=C(C#N)C#N)C(=Cc3ccc(N(CC)CC)cc3)C(=C(C#N)C#N)O4)OC2=C(C#N)C#N)cc1. The maximum atomic E-state index is 10.1. The van der Waals surface area contributed by atoms with Gasteiger partial charge in [0.25, 0.3) is 11.6 Å². The summed E-state index contributed by atoms with van der Waals surface area (Å²) in [5.74, 6) is -4.18. The highest BCUT2D eigenvalue weighted by Crippen LogP contribution is 2.53. The van der Waals surface area contributed by atoms with Crippen molar-refractivity contribution in [2.75, 3.05) is 36.0 Å². The quantitative estimate of drug-likeness (QED) is 0.230. The Morgan fingerprint density at radius 3 is 0.883 bits per heavy atom. The zero-order valence-corrected chi connectivity index (χ0v) is 33.5. The van der Waals surface area contributed by atoms with Crippen LogP contribution in [0.25, 0.3) is 12.2 Å². The lowest BCUT2D eigenvalue weighted by Gasteiger charge is -2.49. The second-order valence-corrected chi connectivity index (χ2v) is 13.6. The summed E-state index contributed by atoms with van der Waals surface area (Å²) in [6.45, 7) is 11.3. The Balaban J connectivity index is 1.59. The van der Waals surface area contributed by atoms with E-state index in [0.717, 1.165) is 37.6 Å². The monoisotopic (exact) mass is 794 g/mol. The lowest BCUT2D eigenvalue weighted by molar-refractivity contribution is -0.287. The Bertz CT molecular complexity index is 2220. The first kappa shape index (κ1) is 42.7. The first-order valence-electron chi connectivity index (χ1n) is 19.2. The van der Waals surface area contributed by atoms with E-state index in [4.69, 9.17) is 18.9 Å². The molecule has 0 N–H and O–H groups in total. The van der Waals surface area contributed by atoms with E-state index in [0.29, 0.717) is 11.1 Å². The van der Waals surface area contributed by atoms with Crippen molar-refractivity contribution >= 4 is 23.5 Å². The normalized spacial score (nSPS) is 18.7. The van der Waals surface area contributed by atoms with Crippen molar-refractivity contribution < 1.29 is 18.9 Å². The first-order chi connectivity index (χ1) is 29.1. The summed E-state index contributed by atoms with van der Waals surface area (Å²) in [5, 5.41) is 80.7. The molecule has 14 heteroatoms. The molecular weight excluding hydrogens is 757 g/mol. The molecule has 0 unspecified atom stereocenters. The van der Waals surface area contributed by atoms with E-state index < -0.39 is 33.9 Å². The first-order valence-corrected chi connectivity index (χ1v) is 19.2. The molecule has 0 aromatic heterocycles. The summed E-state index contributed by atoms with van der Waals surface area (Å²) in [4.78, 5) is 4.30. The van der Waals surface area contributed by atoms with Gasteiger partial charge in [-0.3, -0.25) is 0 Å². The number of nitrogens with zero attached hydrogens (tertiary/aromatic N) is 10. The van der Waals surface area contributed by atoms with Gasteiger partial charge in [0.1, 0.15) is 48.6 Å². The minimum Gasteiger partial charge on any atom is -0.449 e. The van der Waals surface area contributed by atoms with Crippen LogP contribution in [0.4, 0.5) is 11.4 Å².